The highest BCUT2D eigenvalue weighted by atomic mass is 35.5. The highest BCUT2D eigenvalue weighted by molar-refractivity contribution is 6.30. The van der Waals surface area contributed by atoms with E-state index in [1.807, 2.05) is 6.07 Å². The molecule has 12 heavy (non-hydrogen) atoms. The summed E-state index contributed by atoms with van der Waals surface area (Å²) in [5.74, 6) is 0.561. The van der Waals surface area contributed by atoms with E-state index in [1.165, 1.54) is 19.3 Å². The molecule has 1 aromatic rings. The van der Waals surface area contributed by atoms with Gasteiger partial charge in [-0.3, -0.25) is 0 Å². The number of aromatic nitrogens is 1. The smallest absolute Gasteiger partial charge is 0.134 e. The molecule has 0 unspecified atom stereocenters. The largest absolute Gasteiger partial charge is 0.398 e. The molecule has 0 saturated heterocycles. The Balaban J connectivity index is 2.39. The Hall–Kier alpha value is -0.760. The molecule has 0 spiro atoms. The van der Waals surface area contributed by atoms with Crippen LogP contribution in [0.3, 0.4) is 0 Å². The fourth-order valence-electron chi connectivity index (χ4n) is 1.56. The quantitative estimate of drug-likeness (QED) is 0.679. The molecule has 0 aliphatic heterocycles. The maximum absolute atomic E-state index is 5.95. The molecule has 1 aromatic heterocycles. The number of hydrogen-bond donors (Lipinski definition) is 1. The summed E-state index contributed by atoms with van der Waals surface area (Å²) in [7, 11) is 0. The number of nitrogens with zero attached hydrogens (tertiary/aromatic N) is 1. The molecule has 1 heterocycles. The third kappa shape index (κ3) is 1.16. The molecule has 0 atom stereocenters. The van der Waals surface area contributed by atoms with Gasteiger partial charge in [0.1, 0.15) is 5.15 Å². The fraction of sp³-hybridized carbons (Fsp3) is 0.444. The molecule has 0 amide bonds. The van der Waals surface area contributed by atoms with Crippen LogP contribution in [0.25, 0.3) is 0 Å². The summed E-state index contributed by atoms with van der Waals surface area (Å²) in [4.78, 5) is 4.03. The van der Waals surface area contributed by atoms with Crippen LogP contribution in [0.15, 0.2) is 12.3 Å². The van der Waals surface area contributed by atoms with Crippen molar-refractivity contribution < 1.29 is 0 Å². The lowest BCUT2D eigenvalue weighted by atomic mass is 9.80. The molecule has 0 aromatic carbocycles. The first-order valence-electron chi connectivity index (χ1n) is 4.19. The van der Waals surface area contributed by atoms with E-state index >= 15 is 0 Å². The van der Waals surface area contributed by atoms with Crippen LogP contribution in [0.5, 0.6) is 0 Å². The van der Waals surface area contributed by atoms with Gasteiger partial charge < -0.3 is 5.73 Å². The number of halogens is 1. The van der Waals surface area contributed by atoms with E-state index in [-0.39, 0.29) is 0 Å². The highest BCUT2D eigenvalue weighted by Crippen LogP contribution is 2.41. The lowest BCUT2D eigenvalue weighted by Gasteiger charge is -2.27. The van der Waals surface area contributed by atoms with Crippen LogP contribution >= 0.6 is 11.6 Å². The minimum absolute atomic E-state index is 0.561. The van der Waals surface area contributed by atoms with Crippen molar-refractivity contribution in [1.29, 1.82) is 0 Å². The summed E-state index contributed by atoms with van der Waals surface area (Å²) >= 11 is 5.95. The van der Waals surface area contributed by atoms with Gasteiger partial charge in [-0.25, -0.2) is 4.98 Å². The summed E-state index contributed by atoms with van der Waals surface area (Å²) in [5.41, 5.74) is 7.66. The van der Waals surface area contributed by atoms with Crippen LogP contribution in [-0.2, 0) is 0 Å². The number of anilines is 1. The Morgan fingerprint density at radius 1 is 1.50 bits per heavy atom. The van der Waals surface area contributed by atoms with Crippen molar-refractivity contribution in [1.82, 2.24) is 4.98 Å². The van der Waals surface area contributed by atoms with Crippen LogP contribution in [0.1, 0.15) is 30.7 Å². The van der Waals surface area contributed by atoms with Gasteiger partial charge in [0, 0.05) is 17.4 Å². The Labute approximate surface area is 76.7 Å². The predicted octanol–water partition coefficient (Wildman–Crippen LogP) is 2.58. The van der Waals surface area contributed by atoms with E-state index in [4.69, 9.17) is 17.3 Å². The van der Waals surface area contributed by atoms with Gasteiger partial charge in [0.25, 0.3) is 0 Å². The lowest BCUT2D eigenvalue weighted by molar-refractivity contribution is 0.420. The number of rotatable bonds is 1. The molecular weight excluding hydrogens is 172 g/mol. The standard InChI is InChI=1S/C9H11ClN2/c10-9-8(6-2-1-3-6)7(11)4-5-12-9/h4-6H,1-3H2,(H2,11,12). The van der Waals surface area contributed by atoms with Gasteiger partial charge in [-0.2, -0.15) is 0 Å². The maximum Gasteiger partial charge on any atom is 0.134 e. The second-order valence-corrected chi connectivity index (χ2v) is 3.59. The van der Waals surface area contributed by atoms with E-state index < -0.39 is 0 Å². The highest BCUT2D eigenvalue weighted by Gasteiger charge is 2.24. The normalized spacial score (nSPS) is 17.4. The average Bonchev–Trinajstić information content (AvgIpc) is 1.93. The Morgan fingerprint density at radius 2 is 2.25 bits per heavy atom. The molecule has 64 valence electrons. The molecule has 2 rings (SSSR count). The van der Waals surface area contributed by atoms with Crippen molar-refractivity contribution in [3.8, 4) is 0 Å². The van der Waals surface area contributed by atoms with Crippen molar-refractivity contribution in [3.05, 3.63) is 23.0 Å². The molecule has 3 heteroatoms. The van der Waals surface area contributed by atoms with Crippen molar-refractivity contribution in [3.63, 3.8) is 0 Å². The number of hydrogen-bond acceptors (Lipinski definition) is 2. The predicted molar refractivity (Wildman–Crippen MR) is 50.3 cm³/mol. The maximum atomic E-state index is 5.95. The van der Waals surface area contributed by atoms with E-state index in [9.17, 15) is 0 Å². The van der Waals surface area contributed by atoms with Crippen LogP contribution in [0, 0.1) is 0 Å². The van der Waals surface area contributed by atoms with E-state index in [1.54, 1.807) is 6.20 Å². The molecule has 0 bridgehead atoms. The van der Waals surface area contributed by atoms with E-state index in [0.717, 1.165) is 11.3 Å². The van der Waals surface area contributed by atoms with Gasteiger partial charge in [0.15, 0.2) is 0 Å². The van der Waals surface area contributed by atoms with Gasteiger partial charge in [0.05, 0.1) is 0 Å². The van der Waals surface area contributed by atoms with Crippen molar-refractivity contribution >= 4 is 17.3 Å². The molecule has 2 nitrogen and oxygen atoms in total. The molecular formula is C9H11ClN2. The van der Waals surface area contributed by atoms with Crippen LogP contribution < -0.4 is 5.73 Å². The molecule has 1 saturated carbocycles. The summed E-state index contributed by atoms with van der Waals surface area (Å²) in [6.07, 6.45) is 5.35. The Morgan fingerprint density at radius 3 is 2.75 bits per heavy atom. The first-order valence-corrected chi connectivity index (χ1v) is 4.56. The fourth-order valence-corrected chi connectivity index (χ4v) is 1.88. The first-order chi connectivity index (χ1) is 5.79. The summed E-state index contributed by atoms with van der Waals surface area (Å²) in [5, 5.41) is 0.583. The topological polar surface area (TPSA) is 38.9 Å². The first kappa shape index (κ1) is 7.87. The van der Waals surface area contributed by atoms with Gasteiger partial charge in [-0.05, 0) is 24.8 Å². The average molecular weight is 183 g/mol. The zero-order chi connectivity index (χ0) is 8.55. The Kier molecular flexibility index (Phi) is 1.93. The summed E-state index contributed by atoms with van der Waals surface area (Å²) in [6, 6.07) is 1.82. The molecule has 2 N–H and O–H groups in total. The molecule has 1 fully saturated rings. The van der Waals surface area contributed by atoms with Crippen molar-refractivity contribution in [2.24, 2.45) is 0 Å². The minimum Gasteiger partial charge on any atom is -0.398 e. The van der Waals surface area contributed by atoms with Gasteiger partial charge in [0.2, 0.25) is 0 Å². The number of pyridine rings is 1. The van der Waals surface area contributed by atoms with Crippen LogP contribution in [-0.4, -0.2) is 4.98 Å². The molecule has 1 aliphatic rings. The van der Waals surface area contributed by atoms with E-state index in [2.05, 4.69) is 4.98 Å². The lowest BCUT2D eigenvalue weighted by Crippen LogP contribution is -2.12. The molecule has 1 aliphatic carbocycles. The van der Waals surface area contributed by atoms with E-state index in [0.29, 0.717) is 11.1 Å². The Bertz CT molecular complexity index is 274. The van der Waals surface area contributed by atoms with Gasteiger partial charge in [-0.15, -0.1) is 0 Å². The second-order valence-electron chi connectivity index (χ2n) is 3.23. The number of nitrogens with two attached hydrogens (primary N) is 1. The zero-order valence-corrected chi connectivity index (χ0v) is 7.51. The van der Waals surface area contributed by atoms with Crippen molar-refractivity contribution in [2.75, 3.05) is 5.73 Å². The zero-order valence-electron chi connectivity index (χ0n) is 6.76. The third-order valence-electron chi connectivity index (χ3n) is 2.49. The summed E-state index contributed by atoms with van der Waals surface area (Å²) < 4.78 is 0. The minimum atomic E-state index is 0.561. The van der Waals surface area contributed by atoms with Gasteiger partial charge in [-0.1, -0.05) is 18.0 Å². The van der Waals surface area contributed by atoms with Gasteiger partial charge >= 0.3 is 0 Å². The summed E-state index contributed by atoms with van der Waals surface area (Å²) in [6.45, 7) is 0. The SMILES string of the molecule is Nc1ccnc(Cl)c1C1CCC1. The van der Waals surface area contributed by atoms with Crippen molar-refractivity contribution in [2.45, 2.75) is 25.2 Å². The second kappa shape index (κ2) is 2.94. The monoisotopic (exact) mass is 182 g/mol. The van der Waals surface area contributed by atoms with Crippen LogP contribution in [0.4, 0.5) is 5.69 Å². The van der Waals surface area contributed by atoms with Crippen LogP contribution in [0.2, 0.25) is 5.15 Å². The third-order valence-corrected chi connectivity index (χ3v) is 2.79. The molecule has 0 radical (unpaired) electrons. The number of nitrogen functional groups attached to an aromatic ring is 1.